The third-order valence-electron chi connectivity index (χ3n) is 5.24. The van der Waals surface area contributed by atoms with E-state index in [1.165, 1.54) is 5.56 Å². The fraction of sp³-hybridized carbons (Fsp3) is 0.136. The van der Waals surface area contributed by atoms with E-state index in [1.54, 1.807) is 0 Å². The molecule has 0 bridgehead atoms. The van der Waals surface area contributed by atoms with Crippen molar-refractivity contribution in [1.29, 1.82) is 0 Å². The zero-order valence-electron chi connectivity index (χ0n) is 15.0. The number of aromatic amines is 2. The first-order chi connectivity index (χ1) is 13.1. The van der Waals surface area contributed by atoms with E-state index in [-0.39, 0.29) is 11.3 Å². The zero-order valence-corrected chi connectivity index (χ0v) is 15.0. The molecular weight excluding hydrogens is 338 g/mol. The van der Waals surface area contributed by atoms with Crippen LogP contribution in [-0.4, -0.2) is 21.0 Å². The highest BCUT2D eigenvalue weighted by atomic mass is 16.1. The lowest BCUT2D eigenvalue weighted by molar-refractivity contribution is 0.104. The molecule has 5 nitrogen and oxygen atoms in total. The van der Waals surface area contributed by atoms with Gasteiger partial charge in [-0.2, -0.15) is 0 Å². The Morgan fingerprint density at radius 1 is 0.852 bits per heavy atom. The van der Waals surface area contributed by atoms with Gasteiger partial charge in [-0.05, 0) is 17.0 Å². The molecule has 0 spiro atoms. The van der Waals surface area contributed by atoms with E-state index in [0.717, 1.165) is 11.1 Å². The van der Waals surface area contributed by atoms with Gasteiger partial charge < -0.3 is 0 Å². The monoisotopic (exact) mass is 355 g/mol. The van der Waals surface area contributed by atoms with Crippen LogP contribution in [0.4, 0.5) is 0 Å². The SMILES string of the molecule is CC(C)c1ccc(-c2c3c(nc4[nH][nH]c(=O)c24)-c2ccccc2C3=O)cc1. The van der Waals surface area contributed by atoms with Gasteiger partial charge in [-0.1, -0.05) is 62.4 Å². The summed E-state index contributed by atoms with van der Waals surface area (Å²) in [6, 6.07) is 15.5. The number of aromatic nitrogens is 3. The molecule has 0 aliphatic heterocycles. The molecule has 0 radical (unpaired) electrons. The van der Waals surface area contributed by atoms with E-state index in [4.69, 9.17) is 0 Å². The lowest BCUT2D eigenvalue weighted by atomic mass is 9.93. The van der Waals surface area contributed by atoms with Gasteiger partial charge in [-0.15, -0.1) is 0 Å². The maximum absolute atomic E-state index is 13.2. The second-order valence-corrected chi connectivity index (χ2v) is 7.16. The van der Waals surface area contributed by atoms with E-state index < -0.39 is 0 Å². The molecule has 27 heavy (non-hydrogen) atoms. The molecule has 2 aromatic carbocycles. The Bertz CT molecular complexity index is 1280. The standard InChI is InChI=1S/C22H17N3O2/c1-11(2)12-7-9-13(10-8-12)16-17-19(23-21-18(16)22(27)25-24-21)14-5-3-4-6-15(14)20(17)26/h3-11H,1-2H3,(H2,23,24,25,27). The highest BCUT2D eigenvalue weighted by molar-refractivity contribution is 6.26. The van der Waals surface area contributed by atoms with Gasteiger partial charge in [0.1, 0.15) is 0 Å². The lowest BCUT2D eigenvalue weighted by Crippen LogP contribution is -2.05. The van der Waals surface area contributed by atoms with Crippen molar-refractivity contribution in [2.24, 2.45) is 0 Å². The number of nitrogens with one attached hydrogen (secondary N) is 2. The van der Waals surface area contributed by atoms with Crippen LogP contribution in [0, 0.1) is 0 Å². The van der Waals surface area contributed by atoms with Crippen molar-refractivity contribution in [3.63, 3.8) is 0 Å². The summed E-state index contributed by atoms with van der Waals surface area (Å²) in [7, 11) is 0. The zero-order chi connectivity index (χ0) is 18.7. The third kappa shape index (κ3) is 2.15. The van der Waals surface area contributed by atoms with Crippen LogP contribution in [0.2, 0.25) is 0 Å². The predicted octanol–water partition coefficient (Wildman–Crippen LogP) is 4.25. The van der Waals surface area contributed by atoms with Crippen LogP contribution in [0.1, 0.15) is 41.3 Å². The molecule has 0 atom stereocenters. The first-order valence-corrected chi connectivity index (χ1v) is 8.95. The Hall–Kier alpha value is -3.47. The van der Waals surface area contributed by atoms with Crippen LogP contribution >= 0.6 is 0 Å². The molecule has 0 fully saturated rings. The molecule has 2 N–H and O–H groups in total. The number of ketones is 1. The normalized spacial score (nSPS) is 12.6. The van der Waals surface area contributed by atoms with Gasteiger partial charge >= 0.3 is 0 Å². The van der Waals surface area contributed by atoms with Gasteiger partial charge in [0, 0.05) is 16.7 Å². The molecule has 1 aliphatic rings. The summed E-state index contributed by atoms with van der Waals surface area (Å²) in [5, 5.41) is 5.87. The fourth-order valence-corrected chi connectivity index (χ4v) is 3.84. The average Bonchev–Trinajstić information content (AvgIpc) is 3.19. The summed E-state index contributed by atoms with van der Waals surface area (Å²) < 4.78 is 0. The number of hydrogen-bond donors (Lipinski definition) is 2. The van der Waals surface area contributed by atoms with Crippen LogP contribution in [0.5, 0.6) is 0 Å². The highest BCUT2D eigenvalue weighted by Gasteiger charge is 2.33. The number of fused-ring (bicyclic) bond motifs is 4. The molecule has 0 saturated heterocycles. The smallest absolute Gasteiger partial charge is 0.274 e. The Morgan fingerprint density at radius 3 is 2.26 bits per heavy atom. The number of rotatable bonds is 2. The molecule has 0 saturated carbocycles. The van der Waals surface area contributed by atoms with Crippen LogP contribution < -0.4 is 5.56 Å². The third-order valence-corrected chi connectivity index (χ3v) is 5.24. The van der Waals surface area contributed by atoms with E-state index >= 15 is 0 Å². The summed E-state index contributed by atoms with van der Waals surface area (Å²) in [6.45, 7) is 4.27. The van der Waals surface area contributed by atoms with Crippen LogP contribution in [0.25, 0.3) is 33.4 Å². The molecule has 2 heterocycles. The Balaban J connectivity index is 1.88. The molecule has 5 heteroatoms. The van der Waals surface area contributed by atoms with Crippen molar-refractivity contribution in [3.05, 3.63) is 75.6 Å². The summed E-state index contributed by atoms with van der Waals surface area (Å²) in [4.78, 5) is 30.3. The summed E-state index contributed by atoms with van der Waals surface area (Å²) in [6.07, 6.45) is 0. The maximum Gasteiger partial charge on any atom is 0.274 e. The second-order valence-electron chi connectivity index (χ2n) is 7.16. The Morgan fingerprint density at radius 2 is 1.56 bits per heavy atom. The summed E-state index contributed by atoms with van der Waals surface area (Å²) in [5.41, 5.74) is 5.46. The first kappa shape index (κ1) is 15.8. The van der Waals surface area contributed by atoms with Gasteiger partial charge in [0.2, 0.25) is 0 Å². The van der Waals surface area contributed by atoms with Gasteiger partial charge in [-0.3, -0.25) is 19.8 Å². The van der Waals surface area contributed by atoms with Crippen molar-refractivity contribution in [2.45, 2.75) is 19.8 Å². The summed E-state index contributed by atoms with van der Waals surface area (Å²) >= 11 is 0. The van der Waals surface area contributed by atoms with Crippen molar-refractivity contribution < 1.29 is 4.79 Å². The number of H-pyrrole nitrogens is 2. The minimum atomic E-state index is -0.271. The van der Waals surface area contributed by atoms with Crippen molar-refractivity contribution in [3.8, 4) is 22.4 Å². The van der Waals surface area contributed by atoms with Crippen molar-refractivity contribution in [1.82, 2.24) is 15.2 Å². The molecule has 1 aliphatic carbocycles. The van der Waals surface area contributed by atoms with Crippen molar-refractivity contribution >= 4 is 16.8 Å². The van der Waals surface area contributed by atoms with Gasteiger partial charge in [-0.25, -0.2) is 4.98 Å². The van der Waals surface area contributed by atoms with Gasteiger partial charge in [0.25, 0.3) is 5.56 Å². The number of carbonyl (C=O) groups is 1. The number of hydrogen-bond acceptors (Lipinski definition) is 3. The maximum atomic E-state index is 13.2. The number of benzene rings is 2. The number of pyridine rings is 1. The molecule has 132 valence electrons. The summed E-state index contributed by atoms with van der Waals surface area (Å²) in [5.74, 6) is 0.322. The highest BCUT2D eigenvalue weighted by Crippen LogP contribution is 2.42. The van der Waals surface area contributed by atoms with E-state index in [2.05, 4.69) is 29.0 Å². The molecular formula is C22H17N3O2. The Kier molecular flexibility index (Phi) is 3.22. The predicted molar refractivity (Wildman–Crippen MR) is 105 cm³/mol. The molecule has 0 amide bonds. The van der Waals surface area contributed by atoms with Crippen molar-refractivity contribution in [2.75, 3.05) is 0 Å². The van der Waals surface area contributed by atoms with Gasteiger partial charge in [0.05, 0.1) is 16.6 Å². The Labute approximate surface area is 155 Å². The minimum Gasteiger partial charge on any atom is -0.288 e. The quantitative estimate of drug-likeness (QED) is 0.497. The molecule has 0 unspecified atom stereocenters. The fourth-order valence-electron chi connectivity index (χ4n) is 3.84. The molecule has 4 aromatic rings. The van der Waals surface area contributed by atoms with Crippen LogP contribution in [0.15, 0.2) is 53.3 Å². The number of nitrogens with zero attached hydrogens (tertiary/aromatic N) is 1. The van der Waals surface area contributed by atoms with E-state index in [9.17, 15) is 9.59 Å². The lowest BCUT2D eigenvalue weighted by Gasteiger charge is -2.11. The second kappa shape index (κ2) is 5.51. The first-order valence-electron chi connectivity index (χ1n) is 8.95. The average molecular weight is 355 g/mol. The van der Waals surface area contributed by atoms with Crippen LogP contribution in [0.3, 0.4) is 0 Å². The van der Waals surface area contributed by atoms with E-state index in [0.29, 0.717) is 39.3 Å². The number of carbonyl (C=O) groups excluding carboxylic acids is 1. The molecule has 5 rings (SSSR count). The van der Waals surface area contributed by atoms with Crippen LogP contribution in [-0.2, 0) is 0 Å². The molecule has 2 aromatic heterocycles. The van der Waals surface area contributed by atoms with E-state index in [1.807, 2.05) is 48.5 Å². The largest absolute Gasteiger partial charge is 0.288 e. The van der Waals surface area contributed by atoms with Gasteiger partial charge in [0.15, 0.2) is 11.4 Å². The minimum absolute atomic E-state index is 0.0847. The topological polar surface area (TPSA) is 78.6 Å².